The van der Waals surface area contributed by atoms with Gasteiger partial charge in [-0.3, -0.25) is 4.79 Å². The molecule has 1 nitrogen and oxygen atoms in total. The number of hydrogen-bond acceptors (Lipinski definition) is 1. The largest absolute Gasteiger partial charge is 0.298 e. The predicted octanol–water partition coefficient (Wildman–Crippen LogP) is 4.18. The molecule has 0 spiro atoms. The highest BCUT2D eigenvalue weighted by atomic mass is 19.1. The van der Waals surface area contributed by atoms with Gasteiger partial charge in [0.15, 0.2) is 6.29 Å². The quantitative estimate of drug-likeness (QED) is 0.456. The molecule has 0 saturated carbocycles. The second kappa shape index (κ2) is 5.61. The molecule has 0 radical (unpaired) electrons. The lowest BCUT2D eigenvalue weighted by atomic mass is 10.00. The van der Waals surface area contributed by atoms with Gasteiger partial charge in [-0.15, -0.1) is 0 Å². The zero-order valence-electron chi connectivity index (χ0n) is 11.0. The van der Waals surface area contributed by atoms with Crippen molar-refractivity contribution in [2.75, 3.05) is 0 Å². The normalized spacial score (nSPS) is 11.4. The van der Waals surface area contributed by atoms with Gasteiger partial charge in [0, 0.05) is 5.57 Å². The fraction of sp³-hybridized carbons (Fsp3) is 0.118. The summed E-state index contributed by atoms with van der Waals surface area (Å²) in [4.78, 5) is 11.2. The van der Waals surface area contributed by atoms with Crippen LogP contribution in [0.2, 0.25) is 0 Å². The molecule has 2 heteroatoms. The van der Waals surface area contributed by atoms with Crippen LogP contribution in [0.3, 0.4) is 0 Å². The Labute approximate surface area is 112 Å². The maximum Gasteiger partial charge on any atom is 0.150 e. The van der Waals surface area contributed by atoms with Crippen LogP contribution in [-0.4, -0.2) is 6.29 Å². The minimum Gasteiger partial charge on any atom is -0.298 e. The number of aryl methyl sites for hydroxylation is 2. The topological polar surface area (TPSA) is 17.1 Å². The molecule has 0 atom stereocenters. The second-order valence-corrected chi connectivity index (χ2v) is 4.58. The average molecular weight is 254 g/mol. The summed E-state index contributed by atoms with van der Waals surface area (Å²) >= 11 is 0. The zero-order valence-corrected chi connectivity index (χ0v) is 11.0. The molecule has 19 heavy (non-hydrogen) atoms. The summed E-state index contributed by atoms with van der Waals surface area (Å²) in [7, 11) is 0. The molecule has 0 aliphatic heterocycles. The van der Waals surface area contributed by atoms with Gasteiger partial charge in [0.2, 0.25) is 0 Å². The first-order chi connectivity index (χ1) is 9.10. The first-order valence-electron chi connectivity index (χ1n) is 6.10. The van der Waals surface area contributed by atoms with E-state index in [4.69, 9.17) is 0 Å². The first-order valence-corrected chi connectivity index (χ1v) is 6.10. The van der Waals surface area contributed by atoms with Crippen LogP contribution in [0.15, 0.2) is 42.5 Å². The Hall–Kier alpha value is -2.22. The van der Waals surface area contributed by atoms with Gasteiger partial charge in [0.25, 0.3) is 0 Å². The Bertz CT molecular complexity index is 624. The van der Waals surface area contributed by atoms with Crippen molar-refractivity contribution >= 4 is 17.9 Å². The standard InChI is InChI=1S/C17H15FO/c1-12-3-4-15(13(2)9-12)10-16(11-19)14-5-7-17(18)8-6-14/h3-11H,1-2H3. The van der Waals surface area contributed by atoms with Crippen molar-refractivity contribution in [3.63, 3.8) is 0 Å². The van der Waals surface area contributed by atoms with Crippen LogP contribution in [-0.2, 0) is 4.79 Å². The van der Waals surface area contributed by atoms with E-state index in [2.05, 4.69) is 6.07 Å². The lowest BCUT2D eigenvalue weighted by Gasteiger charge is -2.05. The minimum atomic E-state index is -0.305. The number of halogens is 1. The van der Waals surface area contributed by atoms with E-state index in [1.807, 2.05) is 32.1 Å². The SMILES string of the molecule is Cc1ccc(C=C(C=O)c2ccc(F)cc2)c(C)c1. The molecule has 0 amide bonds. The number of benzene rings is 2. The maximum atomic E-state index is 12.9. The Morgan fingerprint density at radius 1 is 1.05 bits per heavy atom. The van der Waals surface area contributed by atoms with Crippen LogP contribution in [0.5, 0.6) is 0 Å². The average Bonchev–Trinajstić information content (AvgIpc) is 2.39. The summed E-state index contributed by atoms with van der Waals surface area (Å²) < 4.78 is 12.9. The summed E-state index contributed by atoms with van der Waals surface area (Å²) in [5.41, 5.74) is 4.56. The van der Waals surface area contributed by atoms with Crippen molar-refractivity contribution in [3.8, 4) is 0 Å². The highest BCUT2D eigenvalue weighted by Crippen LogP contribution is 2.19. The van der Waals surface area contributed by atoms with Crippen molar-refractivity contribution in [1.82, 2.24) is 0 Å². The Morgan fingerprint density at radius 3 is 2.32 bits per heavy atom. The van der Waals surface area contributed by atoms with Gasteiger partial charge in [0.1, 0.15) is 5.82 Å². The summed E-state index contributed by atoms with van der Waals surface area (Å²) in [6, 6.07) is 12.0. The summed E-state index contributed by atoms with van der Waals surface area (Å²) in [6.45, 7) is 4.03. The highest BCUT2D eigenvalue weighted by Gasteiger charge is 2.03. The lowest BCUT2D eigenvalue weighted by molar-refractivity contribution is -0.103. The van der Waals surface area contributed by atoms with Crippen molar-refractivity contribution in [2.24, 2.45) is 0 Å². The van der Waals surface area contributed by atoms with E-state index in [0.29, 0.717) is 5.57 Å². The number of carbonyl (C=O) groups is 1. The molecule has 0 N–H and O–H groups in total. The molecule has 0 fully saturated rings. The summed E-state index contributed by atoms with van der Waals surface area (Å²) in [5, 5.41) is 0. The summed E-state index contributed by atoms with van der Waals surface area (Å²) in [5.74, 6) is -0.305. The van der Waals surface area contributed by atoms with E-state index in [0.717, 1.165) is 23.0 Å². The molecule has 0 unspecified atom stereocenters. The van der Waals surface area contributed by atoms with Crippen LogP contribution < -0.4 is 0 Å². The van der Waals surface area contributed by atoms with E-state index in [1.54, 1.807) is 12.1 Å². The first kappa shape index (κ1) is 13.2. The molecule has 0 saturated heterocycles. The zero-order chi connectivity index (χ0) is 13.8. The molecule has 0 bridgehead atoms. The van der Waals surface area contributed by atoms with E-state index >= 15 is 0 Å². The number of carbonyl (C=O) groups excluding carboxylic acids is 1. The molecule has 96 valence electrons. The molecule has 0 aliphatic carbocycles. The number of aldehydes is 1. The third kappa shape index (κ3) is 3.16. The second-order valence-electron chi connectivity index (χ2n) is 4.58. The lowest BCUT2D eigenvalue weighted by Crippen LogP contribution is -1.89. The van der Waals surface area contributed by atoms with Gasteiger partial charge in [-0.2, -0.15) is 0 Å². The van der Waals surface area contributed by atoms with Crippen molar-refractivity contribution < 1.29 is 9.18 Å². The van der Waals surface area contributed by atoms with E-state index in [1.165, 1.54) is 17.7 Å². The molecule has 2 rings (SSSR count). The molecule has 2 aromatic rings. The van der Waals surface area contributed by atoms with E-state index in [9.17, 15) is 9.18 Å². The maximum absolute atomic E-state index is 12.9. The van der Waals surface area contributed by atoms with E-state index < -0.39 is 0 Å². The van der Waals surface area contributed by atoms with Gasteiger partial charge in [-0.25, -0.2) is 4.39 Å². The molecular formula is C17H15FO. The third-order valence-corrected chi connectivity index (χ3v) is 3.04. The van der Waals surface area contributed by atoms with Crippen LogP contribution >= 0.6 is 0 Å². The predicted molar refractivity (Wildman–Crippen MR) is 76.3 cm³/mol. The fourth-order valence-corrected chi connectivity index (χ4v) is 1.98. The van der Waals surface area contributed by atoms with Gasteiger partial charge in [0.05, 0.1) is 0 Å². The van der Waals surface area contributed by atoms with Gasteiger partial charge in [-0.1, -0.05) is 35.9 Å². The van der Waals surface area contributed by atoms with Gasteiger partial charge >= 0.3 is 0 Å². The number of rotatable bonds is 3. The molecule has 2 aromatic carbocycles. The van der Waals surface area contributed by atoms with Crippen LogP contribution in [0, 0.1) is 19.7 Å². The molecule has 0 aromatic heterocycles. The van der Waals surface area contributed by atoms with Crippen LogP contribution in [0.25, 0.3) is 11.6 Å². The third-order valence-electron chi connectivity index (χ3n) is 3.04. The Morgan fingerprint density at radius 2 is 1.74 bits per heavy atom. The van der Waals surface area contributed by atoms with Crippen molar-refractivity contribution in [2.45, 2.75) is 13.8 Å². The monoisotopic (exact) mass is 254 g/mol. The number of allylic oxidation sites excluding steroid dienone is 1. The molecule has 0 heterocycles. The Kier molecular flexibility index (Phi) is 3.91. The molecular weight excluding hydrogens is 239 g/mol. The summed E-state index contributed by atoms with van der Waals surface area (Å²) in [6.07, 6.45) is 2.63. The van der Waals surface area contributed by atoms with Gasteiger partial charge in [-0.05, 0) is 48.7 Å². The van der Waals surface area contributed by atoms with E-state index in [-0.39, 0.29) is 5.82 Å². The molecule has 0 aliphatic rings. The van der Waals surface area contributed by atoms with Crippen LogP contribution in [0.1, 0.15) is 22.3 Å². The smallest absolute Gasteiger partial charge is 0.150 e. The van der Waals surface area contributed by atoms with Crippen molar-refractivity contribution in [1.29, 1.82) is 0 Å². The number of hydrogen-bond donors (Lipinski definition) is 0. The minimum absolute atomic E-state index is 0.305. The van der Waals surface area contributed by atoms with Crippen LogP contribution in [0.4, 0.5) is 4.39 Å². The highest BCUT2D eigenvalue weighted by molar-refractivity contribution is 6.13. The fourth-order valence-electron chi connectivity index (χ4n) is 1.98. The van der Waals surface area contributed by atoms with Crippen molar-refractivity contribution in [3.05, 3.63) is 70.5 Å². The Balaban J connectivity index is 2.43. The van der Waals surface area contributed by atoms with Gasteiger partial charge < -0.3 is 0 Å².